The van der Waals surface area contributed by atoms with Crippen LogP contribution in [0.2, 0.25) is 5.02 Å². The normalized spacial score (nSPS) is 11.5. The highest BCUT2D eigenvalue weighted by Crippen LogP contribution is 2.32. The van der Waals surface area contributed by atoms with Crippen LogP contribution < -0.4 is 16.4 Å². The molecule has 4 rings (SSSR count). The highest BCUT2D eigenvalue weighted by Gasteiger charge is 2.20. The summed E-state index contributed by atoms with van der Waals surface area (Å²) in [5, 5.41) is 7.17. The monoisotopic (exact) mass is 461 g/mol. The van der Waals surface area contributed by atoms with Crippen molar-refractivity contribution in [3.05, 3.63) is 88.6 Å². The summed E-state index contributed by atoms with van der Waals surface area (Å²) in [6.07, 6.45) is 1.87. The minimum Gasteiger partial charge on any atom is -0.365 e. The van der Waals surface area contributed by atoms with E-state index < -0.39 is 0 Å². The van der Waals surface area contributed by atoms with Gasteiger partial charge in [-0.3, -0.25) is 9.20 Å². The van der Waals surface area contributed by atoms with Crippen LogP contribution in [0.25, 0.3) is 16.9 Å². The fourth-order valence-electron chi connectivity index (χ4n) is 3.65. The Morgan fingerprint density at radius 1 is 1.06 bits per heavy atom. The maximum atomic E-state index is 12.8. The average Bonchev–Trinajstić information content (AvgIpc) is 3.13. The second-order valence-electron chi connectivity index (χ2n) is 9.04. The molecule has 170 valence electrons. The second-order valence-corrected chi connectivity index (χ2v) is 9.48. The van der Waals surface area contributed by atoms with Crippen molar-refractivity contribution in [2.24, 2.45) is 5.73 Å². The van der Waals surface area contributed by atoms with Crippen molar-refractivity contribution in [2.45, 2.75) is 39.4 Å². The quantitative estimate of drug-likeness (QED) is 0.366. The maximum absolute atomic E-state index is 12.8. The lowest BCUT2D eigenvalue weighted by Gasteiger charge is -2.22. The summed E-state index contributed by atoms with van der Waals surface area (Å²) in [7, 11) is 0. The molecule has 7 heteroatoms. The summed E-state index contributed by atoms with van der Waals surface area (Å²) in [5.74, 6) is 0.693. The molecule has 0 spiro atoms. The van der Waals surface area contributed by atoms with Crippen molar-refractivity contribution in [3.8, 4) is 11.3 Å². The number of carbonyl (C=O) groups is 1. The number of rotatable bonds is 6. The van der Waals surface area contributed by atoms with Crippen molar-refractivity contribution in [1.82, 2.24) is 14.7 Å². The van der Waals surface area contributed by atoms with Crippen molar-refractivity contribution < 1.29 is 4.79 Å². The third-order valence-corrected chi connectivity index (χ3v) is 5.40. The molecule has 0 saturated carbocycles. The van der Waals surface area contributed by atoms with E-state index in [9.17, 15) is 4.79 Å². The van der Waals surface area contributed by atoms with E-state index in [1.54, 1.807) is 12.1 Å². The molecule has 0 aliphatic heterocycles. The van der Waals surface area contributed by atoms with Crippen LogP contribution >= 0.6 is 11.6 Å². The summed E-state index contributed by atoms with van der Waals surface area (Å²) < 4.78 is 1.96. The first-order valence-electron chi connectivity index (χ1n) is 10.9. The molecule has 2 aromatic carbocycles. The largest absolute Gasteiger partial charge is 0.365 e. The van der Waals surface area contributed by atoms with Gasteiger partial charge in [-0.05, 0) is 56.2 Å². The molecule has 0 radical (unpaired) electrons. The topological polar surface area (TPSA) is 84.5 Å². The third-order valence-electron chi connectivity index (χ3n) is 5.16. The first-order valence-corrected chi connectivity index (χ1v) is 11.2. The lowest BCUT2D eigenvalue weighted by atomic mass is 10.1. The van der Waals surface area contributed by atoms with E-state index in [2.05, 4.69) is 31.4 Å². The molecule has 2 aromatic heterocycles. The lowest BCUT2D eigenvalue weighted by molar-refractivity contribution is 0.0951. The van der Waals surface area contributed by atoms with Crippen LogP contribution in [0.4, 0.5) is 5.82 Å². The lowest BCUT2D eigenvalue weighted by Crippen LogP contribution is -2.27. The fraction of sp³-hybridized carbons (Fsp3) is 0.231. The van der Waals surface area contributed by atoms with E-state index in [4.69, 9.17) is 22.3 Å². The average molecular weight is 462 g/mol. The maximum Gasteiger partial charge on any atom is 0.251 e. The van der Waals surface area contributed by atoms with E-state index in [0.29, 0.717) is 29.3 Å². The van der Waals surface area contributed by atoms with Crippen molar-refractivity contribution in [2.75, 3.05) is 5.32 Å². The molecular weight excluding hydrogens is 434 g/mol. The van der Waals surface area contributed by atoms with Gasteiger partial charge >= 0.3 is 0 Å². The van der Waals surface area contributed by atoms with E-state index in [0.717, 1.165) is 28.2 Å². The van der Waals surface area contributed by atoms with E-state index in [1.807, 2.05) is 59.1 Å². The first kappa shape index (κ1) is 22.8. The molecule has 1 amide bonds. The summed E-state index contributed by atoms with van der Waals surface area (Å²) in [6.45, 7) is 7.18. The Labute approximate surface area is 198 Å². The number of fused-ring (bicyclic) bond motifs is 1. The molecular formula is C26H28ClN5O. The van der Waals surface area contributed by atoms with Crippen LogP contribution in [0.5, 0.6) is 0 Å². The number of benzene rings is 2. The van der Waals surface area contributed by atoms with Crippen molar-refractivity contribution >= 4 is 29.0 Å². The number of amides is 1. The third kappa shape index (κ3) is 5.35. The van der Waals surface area contributed by atoms with Gasteiger partial charge in [0, 0.05) is 41.0 Å². The number of nitrogens with one attached hydrogen (secondary N) is 2. The zero-order chi connectivity index (χ0) is 23.6. The molecule has 2 heterocycles. The zero-order valence-electron chi connectivity index (χ0n) is 19.0. The number of nitrogens with two attached hydrogens (primary N) is 1. The standard InChI is InChI=1S/C26H28ClN5O/c1-26(2,3)31-24-23(19-8-5-9-21(27)13-19)30-22-14-20(10-11-32(22)24)25(33)29-16-18-7-4-6-17(12-18)15-28/h4-14,31H,15-16,28H2,1-3H3,(H,29,33). The Balaban J connectivity index is 1.66. The highest BCUT2D eigenvalue weighted by atomic mass is 35.5. The van der Waals surface area contributed by atoms with Crippen LogP contribution in [0.1, 0.15) is 42.3 Å². The Morgan fingerprint density at radius 3 is 2.55 bits per heavy atom. The van der Waals surface area contributed by atoms with Gasteiger partial charge in [0.15, 0.2) is 0 Å². The molecule has 33 heavy (non-hydrogen) atoms. The predicted molar refractivity (Wildman–Crippen MR) is 135 cm³/mol. The van der Waals surface area contributed by atoms with Gasteiger partial charge in [0.05, 0.1) is 0 Å². The van der Waals surface area contributed by atoms with Gasteiger partial charge in [-0.2, -0.15) is 0 Å². The Hall–Kier alpha value is -3.35. The molecule has 0 unspecified atom stereocenters. The zero-order valence-corrected chi connectivity index (χ0v) is 19.8. The number of pyridine rings is 1. The number of nitrogens with zero attached hydrogens (tertiary/aromatic N) is 2. The minimum atomic E-state index is -0.183. The number of aromatic nitrogens is 2. The van der Waals surface area contributed by atoms with Gasteiger partial charge in [-0.1, -0.05) is 48.0 Å². The molecule has 0 saturated heterocycles. The Morgan fingerprint density at radius 2 is 1.82 bits per heavy atom. The van der Waals surface area contributed by atoms with Crippen molar-refractivity contribution in [3.63, 3.8) is 0 Å². The summed E-state index contributed by atoms with van der Waals surface area (Å²) in [4.78, 5) is 17.7. The van der Waals surface area contributed by atoms with E-state index in [1.165, 1.54) is 0 Å². The number of imidazole rings is 1. The van der Waals surface area contributed by atoms with Gasteiger partial charge in [0.2, 0.25) is 0 Å². The first-order chi connectivity index (χ1) is 15.7. The molecule has 0 fully saturated rings. The fourth-order valence-corrected chi connectivity index (χ4v) is 3.84. The number of hydrogen-bond acceptors (Lipinski definition) is 4. The molecule has 4 N–H and O–H groups in total. The SMILES string of the molecule is CC(C)(C)Nc1c(-c2cccc(Cl)c2)nc2cc(C(=O)NCc3cccc(CN)c3)ccn12. The van der Waals surface area contributed by atoms with E-state index in [-0.39, 0.29) is 11.4 Å². The molecule has 6 nitrogen and oxygen atoms in total. The number of halogens is 1. The second kappa shape index (κ2) is 9.25. The van der Waals surface area contributed by atoms with E-state index >= 15 is 0 Å². The van der Waals surface area contributed by atoms with Gasteiger partial charge < -0.3 is 16.4 Å². The summed E-state index contributed by atoms with van der Waals surface area (Å²) in [5.41, 5.74) is 10.5. The minimum absolute atomic E-state index is 0.159. The van der Waals surface area contributed by atoms with Gasteiger partial charge in [-0.15, -0.1) is 0 Å². The summed E-state index contributed by atoms with van der Waals surface area (Å²) >= 11 is 6.24. The molecule has 0 atom stereocenters. The van der Waals surface area contributed by atoms with Crippen LogP contribution in [0.15, 0.2) is 66.9 Å². The number of hydrogen-bond donors (Lipinski definition) is 3. The molecule has 4 aromatic rings. The molecule has 0 bridgehead atoms. The smallest absolute Gasteiger partial charge is 0.251 e. The summed E-state index contributed by atoms with van der Waals surface area (Å²) in [6, 6.07) is 19.1. The van der Waals surface area contributed by atoms with Crippen LogP contribution in [0.3, 0.4) is 0 Å². The van der Waals surface area contributed by atoms with Gasteiger partial charge in [-0.25, -0.2) is 4.98 Å². The number of anilines is 1. The van der Waals surface area contributed by atoms with Gasteiger partial charge in [0.1, 0.15) is 17.2 Å². The Bertz CT molecular complexity index is 1310. The van der Waals surface area contributed by atoms with Crippen molar-refractivity contribution in [1.29, 1.82) is 0 Å². The predicted octanol–water partition coefficient (Wildman–Crippen LogP) is 5.25. The van der Waals surface area contributed by atoms with Gasteiger partial charge in [0.25, 0.3) is 5.91 Å². The Kier molecular flexibility index (Phi) is 6.40. The number of carbonyl (C=O) groups excluding carboxylic acids is 1. The van der Waals surface area contributed by atoms with Crippen LogP contribution in [-0.2, 0) is 13.1 Å². The molecule has 0 aliphatic rings. The van der Waals surface area contributed by atoms with Crippen LogP contribution in [-0.4, -0.2) is 20.8 Å². The highest BCUT2D eigenvalue weighted by molar-refractivity contribution is 6.30. The molecule has 0 aliphatic carbocycles. The van der Waals surface area contributed by atoms with Crippen LogP contribution in [0, 0.1) is 0 Å².